The minimum Gasteiger partial charge on any atom is -0.405 e. The van der Waals surface area contributed by atoms with Crippen LogP contribution in [0.15, 0.2) is 45.6 Å². The molecular weight excluding hydrogens is 168 g/mol. The second kappa shape index (κ2) is 2.97. The highest BCUT2D eigenvalue weighted by atomic mass is 16.5. The van der Waals surface area contributed by atoms with Crippen LogP contribution in [0.4, 0.5) is 0 Å². The van der Waals surface area contributed by atoms with Gasteiger partial charge in [0.1, 0.15) is 0 Å². The van der Waals surface area contributed by atoms with Crippen LogP contribution in [0.25, 0.3) is 0 Å². The number of nitrogens with zero attached hydrogens (tertiary/aromatic N) is 2. The third-order valence-corrected chi connectivity index (χ3v) is 1.73. The van der Waals surface area contributed by atoms with Gasteiger partial charge in [-0.15, -0.1) is 10.2 Å². The molecule has 0 saturated carbocycles. The molecule has 0 amide bonds. The second-order valence-corrected chi connectivity index (χ2v) is 2.74. The van der Waals surface area contributed by atoms with E-state index in [0.717, 1.165) is 17.7 Å². The molecular formula is C9H8N2O2. The first-order chi connectivity index (χ1) is 6.27. The SMILES string of the molecule is CC(=O)OC1=C2C=CCC=C2N=N1. The quantitative estimate of drug-likeness (QED) is 0.574. The smallest absolute Gasteiger partial charge is 0.309 e. The molecule has 0 unspecified atom stereocenters. The Kier molecular flexibility index (Phi) is 1.81. The minimum absolute atomic E-state index is 0.301. The lowest BCUT2D eigenvalue weighted by Gasteiger charge is -2.02. The Labute approximate surface area is 75.3 Å². The second-order valence-electron chi connectivity index (χ2n) is 2.74. The zero-order valence-corrected chi connectivity index (χ0v) is 7.15. The van der Waals surface area contributed by atoms with Gasteiger partial charge in [0, 0.05) is 6.92 Å². The number of hydrogen-bond acceptors (Lipinski definition) is 4. The van der Waals surface area contributed by atoms with Crippen molar-refractivity contribution in [2.45, 2.75) is 13.3 Å². The van der Waals surface area contributed by atoms with E-state index in [0.29, 0.717) is 5.88 Å². The number of carbonyl (C=O) groups excluding carboxylic acids is 1. The van der Waals surface area contributed by atoms with E-state index in [1.807, 2.05) is 18.2 Å². The third-order valence-electron chi connectivity index (χ3n) is 1.73. The highest BCUT2D eigenvalue weighted by molar-refractivity contribution is 5.68. The minimum atomic E-state index is -0.373. The molecule has 0 aromatic heterocycles. The molecule has 0 radical (unpaired) electrons. The summed E-state index contributed by atoms with van der Waals surface area (Å²) in [6.07, 6.45) is 6.63. The van der Waals surface area contributed by atoms with Crippen molar-refractivity contribution < 1.29 is 9.53 Å². The van der Waals surface area contributed by atoms with Crippen LogP contribution in [0.2, 0.25) is 0 Å². The molecule has 0 atom stereocenters. The fraction of sp³-hybridized carbons (Fsp3) is 0.222. The molecule has 1 aliphatic carbocycles. The Hall–Kier alpha value is -1.71. The normalized spacial score (nSPS) is 18.7. The summed E-state index contributed by atoms with van der Waals surface area (Å²) in [5.41, 5.74) is 1.58. The largest absolute Gasteiger partial charge is 0.405 e. The summed E-state index contributed by atoms with van der Waals surface area (Å²) in [7, 11) is 0. The van der Waals surface area contributed by atoms with Crippen molar-refractivity contribution in [2.24, 2.45) is 10.2 Å². The number of ether oxygens (including phenoxy) is 1. The third kappa shape index (κ3) is 1.42. The molecule has 0 fully saturated rings. The summed E-state index contributed by atoms with van der Waals surface area (Å²) in [6, 6.07) is 0. The fourth-order valence-corrected chi connectivity index (χ4v) is 1.20. The number of allylic oxidation sites excluding steroid dienone is 3. The van der Waals surface area contributed by atoms with E-state index in [-0.39, 0.29) is 5.97 Å². The first kappa shape index (κ1) is 7.91. The predicted octanol–water partition coefficient (Wildman–Crippen LogP) is 2.07. The Morgan fingerprint density at radius 2 is 2.38 bits per heavy atom. The molecule has 13 heavy (non-hydrogen) atoms. The molecule has 0 bridgehead atoms. The van der Waals surface area contributed by atoms with Crippen LogP contribution in [-0.2, 0) is 9.53 Å². The number of hydrogen-bond donors (Lipinski definition) is 0. The molecule has 0 spiro atoms. The van der Waals surface area contributed by atoms with E-state index in [9.17, 15) is 4.79 Å². The summed E-state index contributed by atoms with van der Waals surface area (Å²) in [6.45, 7) is 1.34. The van der Waals surface area contributed by atoms with Crippen LogP contribution in [0.1, 0.15) is 13.3 Å². The van der Waals surface area contributed by atoms with Crippen molar-refractivity contribution >= 4 is 5.97 Å². The standard InChI is InChI=1S/C9H8N2O2/c1-6(12)13-9-7-4-2-3-5-8(7)10-11-9/h2,4-5H,3H2,1H3. The number of esters is 1. The fourth-order valence-electron chi connectivity index (χ4n) is 1.20. The highest BCUT2D eigenvalue weighted by Gasteiger charge is 2.19. The molecule has 0 N–H and O–H groups in total. The van der Waals surface area contributed by atoms with Gasteiger partial charge >= 0.3 is 5.97 Å². The van der Waals surface area contributed by atoms with Crippen LogP contribution < -0.4 is 0 Å². The van der Waals surface area contributed by atoms with Crippen LogP contribution in [-0.4, -0.2) is 5.97 Å². The van der Waals surface area contributed by atoms with Crippen LogP contribution in [0.3, 0.4) is 0 Å². The molecule has 0 aromatic rings. The van der Waals surface area contributed by atoms with Gasteiger partial charge in [0.25, 0.3) is 5.88 Å². The van der Waals surface area contributed by atoms with Crippen molar-refractivity contribution in [1.29, 1.82) is 0 Å². The maximum atomic E-state index is 10.7. The molecule has 66 valence electrons. The summed E-state index contributed by atoms with van der Waals surface area (Å²) >= 11 is 0. The van der Waals surface area contributed by atoms with Crippen LogP contribution in [0.5, 0.6) is 0 Å². The van der Waals surface area contributed by atoms with Gasteiger partial charge < -0.3 is 4.74 Å². The molecule has 4 nitrogen and oxygen atoms in total. The highest BCUT2D eigenvalue weighted by Crippen LogP contribution is 2.30. The van der Waals surface area contributed by atoms with Gasteiger partial charge in [-0.05, 0) is 6.42 Å². The van der Waals surface area contributed by atoms with E-state index in [1.54, 1.807) is 0 Å². The lowest BCUT2D eigenvalue weighted by atomic mass is 10.1. The van der Waals surface area contributed by atoms with Gasteiger partial charge in [-0.1, -0.05) is 18.2 Å². The molecule has 2 rings (SSSR count). The van der Waals surface area contributed by atoms with Crippen molar-refractivity contribution in [1.82, 2.24) is 0 Å². The maximum absolute atomic E-state index is 10.7. The summed E-state index contributed by atoms with van der Waals surface area (Å²) in [5.74, 6) is -0.0728. The zero-order valence-electron chi connectivity index (χ0n) is 7.15. The number of fused-ring (bicyclic) bond motifs is 1. The van der Waals surface area contributed by atoms with Gasteiger partial charge in [-0.25, -0.2) is 0 Å². The van der Waals surface area contributed by atoms with Crippen molar-refractivity contribution in [3.8, 4) is 0 Å². The van der Waals surface area contributed by atoms with E-state index in [4.69, 9.17) is 4.74 Å². The summed E-state index contributed by atoms with van der Waals surface area (Å²) in [4.78, 5) is 10.7. The van der Waals surface area contributed by atoms with Gasteiger partial charge in [0.15, 0.2) is 0 Å². The molecule has 4 heteroatoms. The Balaban J connectivity index is 2.32. The Morgan fingerprint density at radius 1 is 1.54 bits per heavy atom. The lowest BCUT2D eigenvalue weighted by molar-refractivity contribution is -0.136. The van der Waals surface area contributed by atoms with Gasteiger partial charge in [-0.2, -0.15) is 0 Å². The lowest BCUT2D eigenvalue weighted by Crippen LogP contribution is -1.98. The average molecular weight is 176 g/mol. The van der Waals surface area contributed by atoms with Crippen molar-refractivity contribution in [2.75, 3.05) is 0 Å². The van der Waals surface area contributed by atoms with E-state index in [2.05, 4.69) is 10.2 Å². The van der Waals surface area contributed by atoms with Crippen LogP contribution in [0, 0.1) is 0 Å². The number of azo groups is 1. The molecule has 1 heterocycles. The van der Waals surface area contributed by atoms with E-state index in [1.165, 1.54) is 6.92 Å². The Bertz CT molecular complexity index is 375. The van der Waals surface area contributed by atoms with E-state index < -0.39 is 0 Å². The first-order valence-corrected chi connectivity index (χ1v) is 3.99. The maximum Gasteiger partial charge on any atom is 0.309 e. The molecule has 2 aliphatic rings. The van der Waals surface area contributed by atoms with Crippen molar-refractivity contribution in [3.63, 3.8) is 0 Å². The van der Waals surface area contributed by atoms with E-state index >= 15 is 0 Å². The zero-order chi connectivity index (χ0) is 9.26. The summed E-state index contributed by atoms with van der Waals surface area (Å²) in [5, 5.41) is 7.64. The van der Waals surface area contributed by atoms with Crippen molar-refractivity contribution in [3.05, 3.63) is 35.4 Å². The van der Waals surface area contributed by atoms with Gasteiger partial charge in [0.05, 0.1) is 11.3 Å². The predicted molar refractivity (Wildman–Crippen MR) is 45.5 cm³/mol. The van der Waals surface area contributed by atoms with Gasteiger partial charge in [0.2, 0.25) is 0 Å². The molecule has 0 saturated heterocycles. The van der Waals surface area contributed by atoms with Crippen LogP contribution >= 0.6 is 0 Å². The topological polar surface area (TPSA) is 51.0 Å². The first-order valence-electron chi connectivity index (χ1n) is 3.99. The monoisotopic (exact) mass is 176 g/mol. The molecule has 0 aromatic carbocycles. The van der Waals surface area contributed by atoms with Gasteiger partial charge in [-0.3, -0.25) is 4.79 Å². The molecule has 1 aliphatic heterocycles. The summed E-state index contributed by atoms with van der Waals surface area (Å²) < 4.78 is 4.87. The number of carbonyl (C=O) groups is 1. The Morgan fingerprint density at radius 3 is 3.15 bits per heavy atom. The number of rotatable bonds is 1. The average Bonchev–Trinajstić information content (AvgIpc) is 2.48.